The first kappa shape index (κ1) is 12.4. The topological polar surface area (TPSA) is 57.6 Å². The molecular weight excluding hydrogens is 230 g/mol. The average molecular weight is 245 g/mol. The van der Waals surface area contributed by atoms with Crippen molar-refractivity contribution in [2.75, 3.05) is 6.54 Å². The lowest BCUT2D eigenvalue weighted by Crippen LogP contribution is -2.38. The molecule has 0 aliphatic carbocycles. The molecule has 94 valence electrons. The number of aliphatic hydroxyl groups excluding tert-OH is 1. The third kappa shape index (κ3) is 2.42. The molecule has 1 heterocycles. The molecule has 0 saturated heterocycles. The Balaban J connectivity index is 2.18. The predicted molar refractivity (Wildman–Crippen MR) is 66.8 cm³/mol. The normalized spacial score (nSPS) is 16.1. The Labute approximate surface area is 106 Å². The van der Waals surface area contributed by atoms with E-state index in [1.807, 2.05) is 30.3 Å². The number of Topliss-reactive ketones (excluding diaryl/α,β-unsaturated/α-hetero) is 1. The van der Waals surface area contributed by atoms with E-state index in [1.54, 1.807) is 4.90 Å². The Kier molecular flexibility index (Phi) is 3.46. The number of carbonyl (C=O) groups excluding carboxylic acids is 2. The van der Waals surface area contributed by atoms with Crippen molar-refractivity contribution in [2.45, 2.75) is 19.9 Å². The lowest BCUT2D eigenvalue weighted by molar-refractivity contribution is -0.131. The number of benzene rings is 1. The van der Waals surface area contributed by atoms with E-state index < -0.39 is 0 Å². The van der Waals surface area contributed by atoms with Crippen molar-refractivity contribution in [1.29, 1.82) is 0 Å². The van der Waals surface area contributed by atoms with Gasteiger partial charge in [-0.05, 0) is 12.5 Å². The summed E-state index contributed by atoms with van der Waals surface area (Å²) < 4.78 is 0. The number of amides is 1. The van der Waals surface area contributed by atoms with Crippen molar-refractivity contribution in [2.24, 2.45) is 0 Å². The molecule has 0 atom stereocenters. The highest BCUT2D eigenvalue weighted by atomic mass is 16.3. The van der Waals surface area contributed by atoms with E-state index in [0.717, 1.165) is 5.56 Å². The van der Waals surface area contributed by atoms with E-state index in [-0.39, 0.29) is 23.0 Å². The van der Waals surface area contributed by atoms with Crippen LogP contribution in [0, 0.1) is 0 Å². The van der Waals surface area contributed by atoms with Crippen LogP contribution in [-0.2, 0) is 16.1 Å². The van der Waals surface area contributed by atoms with Crippen LogP contribution < -0.4 is 0 Å². The summed E-state index contributed by atoms with van der Waals surface area (Å²) in [5.41, 5.74) is 0.937. The highest BCUT2D eigenvalue weighted by molar-refractivity contribution is 6.19. The predicted octanol–water partition coefficient (Wildman–Crippen LogP) is 1.82. The zero-order valence-electron chi connectivity index (χ0n) is 10.2. The highest BCUT2D eigenvalue weighted by Gasteiger charge is 2.29. The molecule has 18 heavy (non-hydrogen) atoms. The molecule has 1 N–H and O–H groups in total. The van der Waals surface area contributed by atoms with Crippen LogP contribution in [0.5, 0.6) is 0 Å². The Morgan fingerprint density at radius 2 is 2.00 bits per heavy atom. The molecule has 0 radical (unpaired) electrons. The number of hydrogen-bond donors (Lipinski definition) is 1. The summed E-state index contributed by atoms with van der Waals surface area (Å²) >= 11 is 0. The molecule has 1 aromatic rings. The lowest BCUT2D eigenvalue weighted by atomic mass is 10.0. The van der Waals surface area contributed by atoms with Crippen LogP contribution in [0.25, 0.3) is 0 Å². The van der Waals surface area contributed by atoms with Crippen LogP contribution in [0.2, 0.25) is 0 Å². The second-order valence-electron chi connectivity index (χ2n) is 4.34. The molecule has 0 saturated carbocycles. The maximum atomic E-state index is 12.1. The van der Waals surface area contributed by atoms with Crippen LogP contribution in [0.4, 0.5) is 0 Å². The van der Waals surface area contributed by atoms with E-state index in [4.69, 9.17) is 0 Å². The molecule has 2 rings (SSSR count). The van der Waals surface area contributed by atoms with E-state index in [1.165, 1.54) is 6.92 Å². The van der Waals surface area contributed by atoms with Gasteiger partial charge in [0.05, 0.1) is 0 Å². The monoisotopic (exact) mass is 245 g/mol. The van der Waals surface area contributed by atoms with Gasteiger partial charge in [-0.15, -0.1) is 0 Å². The average Bonchev–Trinajstić information content (AvgIpc) is 2.34. The van der Waals surface area contributed by atoms with Gasteiger partial charge in [0.25, 0.3) is 5.91 Å². The molecule has 0 aromatic heterocycles. The SMILES string of the molecule is CC(=O)C1=C(O)CCN(Cc2ccccc2)C1=O. The first-order valence-corrected chi connectivity index (χ1v) is 5.86. The lowest BCUT2D eigenvalue weighted by Gasteiger charge is -2.27. The van der Waals surface area contributed by atoms with Gasteiger partial charge in [-0.2, -0.15) is 0 Å². The number of nitrogens with zero attached hydrogens (tertiary/aromatic N) is 1. The van der Waals surface area contributed by atoms with Crippen molar-refractivity contribution in [1.82, 2.24) is 4.90 Å². The number of hydrogen-bond acceptors (Lipinski definition) is 3. The van der Waals surface area contributed by atoms with Gasteiger partial charge in [-0.3, -0.25) is 9.59 Å². The van der Waals surface area contributed by atoms with Crippen molar-refractivity contribution in [3.05, 3.63) is 47.2 Å². The Morgan fingerprint density at radius 3 is 2.61 bits per heavy atom. The van der Waals surface area contributed by atoms with Gasteiger partial charge < -0.3 is 10.0 Å². The Hall–Kier alpha value is -2.10. The third-order valence-electron chi connectivity index (χ3n) is 2.98. The van der Waals surface area contributed by atoms with Gasteiger partial charge in [-0.1, -0.05) is 30.3 Å². The summed E-state index contributed by atoms with van der Waals surface area (Å²) in [6.45, 7) is 2.20. The van der Waals surface area contributed by atoms with Crippen LogP contribution >= 0.6 is 0 Å². The third-order valence-corrected chi connectivity index (χ3v) is 2.98. The molecule has 4 nitrogen and oxygen atoms in total. The van der Waals surface area contributed by atoms with Gasteiger partial charge >= 0.3 is 0 Å². The molecule has 0 unspecified atom stereocenters. The minimum atomic E-state index is -0.380. The quantitative estimate of drug-likeness (QED) is 0.826. The molecule has 0 fully saturated rings. The Morgan fingerprint density at radius 1 is 1.33 bits per heavy atom. The highest BCUT2D eigenvalue weighted by Crippen LogP contribution is 2.20. The van der Waals surface area contributed by atoms with Crippen LogP contribution in [-0.4, -0.2) is 28.2 Å². The van der Waals surface area contributed by atoms with Crippen molar-refractivity contribution < 1.29 is 14.7 Å². The molecule has 1 aliphatic heterocycles. The summed E-state index contributed by atoms with van der Waals surface area (Å²) in [6, 6.07) is 9.58. The summed E-state index contributed by atoms with van der Waals surface area (Å²) in [4.78, 5) is 25.0. The number of aliphatic hydroxyl groups is 1. The zero-order chi connectivity index (χ0) is 13.1. The summed E-state index contributed by atoms with van der Waals surface area (Å²) in [5, 5.41) is 9.60. The smallest absolute Gasteiger partial charge is 0.261 e. The fourth-order valence-electron chi connectivity index (χ4n) is 2.06. The second-order valence-corrected chi connectivity index (χ2v) is 4.34. The fourth-order valence-corrected chi connectivity index (χ4v) is 2.06. The zero-order valence-corrected chi connectivity index (χ0v) is 10.2. The molecule has 1 aliphatic rings. The van der Waals surface area contributed by atoms with Gasteiger partial charge in [0, 0.05) is 19.5 Å². The summed E-state index contributed by atoms with van der Waals surface area (Å²) in [6.07, 6.45) is 0.341. The van der Waals surface area contributed by atoms with Crippen molar-refractivity contribution in [3.8, 4) is 0 Å². The summed E-state index contributed by atoms with van der Waals surface area (Å²) in [7, 11) is 0. The maximum Gasteiger partial charge on any atom is 0.261 e. The molecule has 1 aromatic carbocycles. The van der Waals surface area contributed by atoms with Gasteiger partial charge in [0.2, 0.25) is 0 Å². The number of carbonyl (C=O) groups is 2. The van der Waals surface area contributed by atoms with E-state index in [2.05, 4.69) is 0 Å². The summed E-state index contributed by atoms with van der Waals surface area (Å²) in [5.74, 6) is -0.845. The first-order valence-electron chi connectivity index (χ1n) is 5.86. The number of rotatable bonds is 3. The van der Waals surface area contributed by atoms with Gasteiger partial charge in [-0.25, -0.2) is 0 Å². The molecular formula is C14H15NO3. The van der Waals surface area contributed by atoms with E-state index in [9.17, 15) is 14.7 Å². The molecule has 1 amide bonds. The fraction of sp³-hybridized carbons (Fsp3) is 0.286. The molecule has 4 heteroatoms. The standard InChI is InChI=1S/C14H15NO3/c1-10(16)13-12(17)7-8-15(14(13)18)9-11-5-3-2-4-6-11/h2-6,17H,7-9H2,1H3. The maximum absolute atomic E-state index is 12.1. The van der Waals surface area contributed by atoms with Crippen molar-refractivity contribution in [3.63, 3.8) is 0 Å². The van der Waals surface area contributed by atoms with Crippen LogP contribution in [0.1, 0.15) is 18.9 Å². The molecule has 0 bridgehead atoms. The Bertz CT molecular complexity index is 505. The first-order chi connectivity index (χ1) is 8.59. The second kappa shape index (κ2) is 5.04. The van der Waals surface area contributed by atoms with Crippen LogP contribution in [0.3, 0.4) is 0 Å². The molecule has 0 spiro atoms. The largest absolute Gasteiger partial charge is 0.511 e. The van der Waals surface area contributed by atoms with E-state index in [0.29, 0.717) is 19.5 Å². The van der Waals surface area contributed by atoms with E-state index >= 15 is 0 Å². The van der Waals surface area contributed by atoms with Crippen LogP contribution in [0.15, 0.2) is 41.7 Å². The minimum Gasteiger partial charge on any atom is -0.511 e. The van der Waals surface area contributed by atoms with Crippen molar-refractivity contribution >= 4 is 11.7 Å². The minimum absolute atomic E-state index is 0.0721. The van der Waals surface area contributed by atoms with Gasteiger partial charge in [0.15, 0.2) is 5.78 Å². The number of ketones is 1. The van der Waals surface area contributed by atoms with Gasteiger partial charge in [0.1, 0.15) is 11.3 Å².